The van der Waals surface area contributed by atoms with Gasteiger partial charge in [0, 0.05) is 12.6 Å². The molecule has 1 N–H and O–H groups in total. The van der Waals surface area contributed by atoms with Crippen LogP contribution in [0.5, 0.6) is 0 Å². The predicted octanol–water partition coefficient (Wildman–Crippen LogP) is -0.284. The van der Waals surface area contributed by atoms with Crippen LogP contribution in [0.25, 0.3) is 0 Å². The van der Waals surface area contributed by atoms with Gasteiger partial charge in [-0.3, -0.25) is 4.79 Å². The molecule has 0 radical (unpaired) electrons. The highest BCUT2D eigenvalue weighted by Gasteiger charge is 2.25. The van der Waals surface area contributed by atoms with Crippen LogP contribution in [-0.4, -0.2) is 45.1 Å². The number of hydrogen-bond acceptors (Lipinski definition) is 4. The molecule has 0 aromatic heterocycles. The lowest BCUT2D eigenvalue weighted by Crippen LogP contribution is -2.44. The summed E-state index contributed by atoms with van der Waals surface area (Å²) in [5.74, 6) is 0.0642. The average molecular weight is 235 g/mol. The summed E-state index contributed by atoms with van der Waals surface area (Å²) in [4.78, 5) is 11.3. The Morgan fingerprint density at radius 2 is 2.27 bits per heavy atom. The Morgan fingerprint density at radius 3 is 2.87 bits per heavy atom. The molecule has 0 bridgehead atoms. The molecule has 1 aliphatic rings. The number of hydrogen-bond donors (Lipinski definition) is 1. The van der Waals surface area contributed by atoms with Crippen LogP contribution >= 0.6 is 0 Å². The molecule has 0 saturated carbocycles. The van der Waals surface area contributed by atoms with E-state index in [2.05, 4.69) is 5.32 Å². The van der Waals surface area contributed by atoms with Crippen molar-refractivity contribution in [2.24, 2.45) is 0 Å². The Kier molecular flexibility index (Phi) is 4.53. The van der Waals surface area contributed by atoms with Crippen LogP contribution in [0, 0.1) is 0 Å². The van der Waals surface area contributed by atoms with Crippen molar-refractivity contribution in [2.75, 3.05) is 24.7 Å². The summed E-state index contributed by atoms with van der Waals surface area (Å²) in [7, 11) is -2.95. The predicted molar refractivity (Wildman–Crippen MR) is 56.3 cm³/mol. The van der Waals surface area contributed by atoms with Gasteiger partial charge < -0.3 is 10.1 Å². The third kappa shape index (κ3) is 4.61. The minimum absolute atomic E-state index is 0.00699. The van der Waals surface area contributed by atoms with Crippen molar-refractivity contribution in [3.63, 3.8) is 0 Å². The van der Waals surface area contributed by atoms with E-state index in [-0.39, 0.29) is 30.1 Å². The van der Waals surface area contributed by atoms with E-state index in [9.17, 15) is 13.2 Å². The lowest BCUT2D eigenvalue weighted by atomic mass is 10.2. The van der Waals surface area contributed by atoms with Gasteiger partial charge in [-0.15, -0.1) is 0 Å². The Hall–Kier alpha value is -0.620. The Morgan fingerprint density at radius 1 is 1.53 bits per heavy atom. The molecule has 15 heavy (non-hydrogen) atoms. The second-order valence-corrected chi connectivity index (χ2v) is 5.89. The summed E-state index contributed by atoms with van der Waals surface area (Å²) in [6.07, 6.45) is 1.36. The van der Waals surface area contributed by atoms with Gasteiger partial charge >= 0.3 is 0 Å². The molecule has 1 amide bonds. The van der Waals surface area contributed by atoms with E-state index in [1.54, 1.807) is 6.92 Å². The first-order chi connectivity index (χ1) is 7.03. The quantitative estimate of drug-likeness (QED) is 0.727. The summed E-state index contributed by atoms with van der Waals surface area (Å²) in [6.45, 7) is 2.29. The summed E-state index contributed by atoms with van der Waals surface area (Å²) >= 11 is 0. The van der Waals surface area contributed by atoms with E-state index >= 15 is 0 Å². The lowest BCUT2D eigenvalue weighted by Gasteiger charge is -2.22. The van der Waals surface area contributed by atoms with Gasteiger partial charge in [-0.25, -0.2) is 8.42 Å². The second-order valence-electron chi connectivity index (χ2n) is 3.66. The highest BCUT2D eigenvalue weighted by Crippen LogP contribution is 2.11. The van der Waals surface area contributed by atoms with E-state index in [4.69, 9.17) is 4.74 Å². The molecule has 0 aromatic rings. The number of amides is 1. The van der Waals surface area contributed by atoms with E-state index in [0.717, 1.165) is 6.42 Å². The number of sulfone groups is 1. The third-order valence-electron chi connectivity index (χ3n) is 2.27. The van der Waals surface area contributed by atoms with Crippen molar-refractivity contribution in [2.45, 2.75) is 25.8 Å². The number of rotatable bonds is 4. The maximum absolute atomic E-state index is 11.3. The molecule has 0 aliphatic carbocycles. The van der Waals surface area contributed by atoms with Crippen LogP contribution in [0.4, 0.5) is 0 Å². The topological polar surface area (TPSA) is 72.5 Å². The molecule has 1 saturated heterocycles. The van der Waals surface area contributed by atoms with Crippen molar-refractivity contribution in [1.82, 2.24) is 5.32 Å². The van der Waals surface area contributed by atoms with E-state index in [1.807, 2.05) is 0 Å². The number of carbonyl (C=O) groups excluding carboxylic acids is 1. The van der Waals surface area contributed by atoms with Gasteiger partial charge in [-0.1, -0.05) is 0 Å². The largest absolute Gasteiger partial charge is 0.372 e. The SMILES string of the molecule is CCOCC(=O)NC1CCCS(=O)(=O)C1. The Labute approximate surface area is 90.1 Å². The van der Waals surface area contributed by atoms with E-state index in [0.29, 0.717) is 13.0 Å². The maximum Gasteiger partial charge on any atom is 0.246 e. The van der Waals surface area contributed by atoms with Crippen molar-refractivity contribution < 1.29 is 17.9 Å². The number of nitrogens with one attached hydrogen (secondary N) is 1. The second kappa shape index (κ2) is 5.46. The van der Waals surface area contributed by atoms with Gasteiger partial charge in [-0.05, 0) is 19.8 Å². The van der Waals surface area contributed by atoms with Crippen LogP contribution in [0.15, 0.2) is 0 Å². The smallest absolute Gasteiger partial charge is 0.246 e. The molecule has 1 heterocycles. The Balaban J connectivity index is 2.35. The lowest BCUT2D eigenvalue weighted by molar-refractivity contribution is -0.126. The summed E-state index contributed by atoms with van der Waals surface area (Å²) in [6, 6.07) is -0.239. The molecule has 6 heteroatoms. The molecule has 0 aromatic carbocycles. The fourth-order valence-corrected chi connectivity index (χ4v) is 3.24. The van der Waals surface area contributed by atoms with Crippen LogP contribution < -0.4 is 5.32 Å². The molecular formula is C9H17NO4S. The van der Waals surface area contributed by atoms with E-state index < -0.39 is 9.84 Å². The first-order valence-electron chi connectivity index (χ1n) is 5.11. The zero-order valence-corrected chi connectivity index (χ0v) is 9.68. The summed E-state index contributed by atoms with van der Waals surface area (Å²) in [5, 5.41) is 2.67. The van der Waals surface area contributed by atoms with Crippen molar-refractivity contribution in [1.29, 1.82) is 0 Å². The van der Waals surface area contributed by atoms with Gasteiger partial charge in [0.2, 0.25) is 5.91 Å². The molecule has 0 spiro atoms. The number of ether oxygens (including phenoxy) is 1. The average Bonchev–Trinajstić information content (AvgIpc) is 2.13. The Bertz CT molecular complexity index is 312. The first-order valence-corrected chi connectivity index (χ1v) is 6.93. The van der Waals surface area contributed by atoms with Crippen LogP contribution in [0.1, 0.15) is 19.8 Å². The summed E-state index contributed by atoms with van der Waals surface area (Å²) < 4.78 is 27.5. The van der Waals surface area contributed by atoms with Crippen LogP contribution in [0.2, 0.25) is 0 Å². The molecule has 1 rings (SSSR count). The van der Waals surface area contributed by atoms with E-state index in [1.165, 1.54) is 0 Å². The van der Waals surface area contributed by atoms with Gasteiger partial charge in [0.15, 0.2) is 9.84 Å². The minimum Gasteiger partial charge on any atom is -0.372 e. The highest BCUT2D eigenvalue weighted by molar-refractivity contribution is 7.91. The molecule has 1 fully saturated rings. The van der Waals surface area contributed by atoms with Gasteiger partial charge in [0.05, 0.1) is 11.5 Å². The molecule has 1 aliphatic heterocycles. The van der Waals surface area contributed by atoms with Gasteiger partial charge in [0.1, 0.15) is 6.61 Å². The standard InChI is InChI=1S/C9H17NO4S/c1-2-14-6-9(11)10-8-4-3-5-15(12,13)7-8/h8H,2-7H2,1H3,(H,10,11). The third-order valence-corrected chi connectivity index (χ3v) is 4.09. The number of carbonyl (C=O) groups is 1. The van der Waals surface area contributed by atoms with Gasteiger partial charge in [0.25, 0.3) is 0 Å². The summed E-state index contributed by atoms with van der Waals surface area (Å²) in [5.41, 5.74) is 0. The monoisotopic (exact) mass is 235 g/mol. The zero-order valence-electron chi connectivity index (χ0n) is 8.86. The molecule has 88 valence electrons. The highest BCUT2D eigenvalue weighted by atomic mass is 32.2. The molecule has 1 unspecified atom stereocenters. The fourth-order valence-electron chi connectivity index (χ4n) is 1.60. The first kappa shape index (κ1) is 12.4. The fraction of sp³-hybridized carbons (Fsp3) is 0.889. The van der Waals surface area contributed by atoms with Crippen molar-refractivity contribution in [3.8, 4) is 0 Å². The van der Waals surface area contributed by atoms with Crippen LogP contribution in [-0.2, 0) is 19.4 Å². The zero-order chi connectivity index (χ0) is 11.3. The van der Waals surface area contributed by atoms with Crippen molar-refractivity contribution >= 4 is 15.7 Å². The minimum atomic E-state index is -2.95. The molecular weight excluding hydrogens is 218 g/mol. The van der Waals surface area contributed by atoms with Crippen molar-refractivity contribution in [3.05, 3.63) is 0 Å². The van der Waals surface area contributed by atoms with Gasteiger partial charge in [-0.2, -0.15) is 0 Å². The maximum atomic E-state index is 11.3. The van der Waals surface area contributed by atoms with Crippen LogP contribution in [0.3, 0.4) is 0 Å². The normalized spacial score (nSPS) is 24.7. The molecule has 1 atom stereocenters. The molecule has 5 nitrogen and oxygen atoms in total.